The zero-order chi connectivity index (χ0) is 12.8. The number of carbonyl (C=O) groups excluding carboxylic acids is 1. The van der Waals surface area contributed by atoms with Gasteiger partial charge in [0.05, 0.1) is 5.56 Å². The summed E-state index contributed by atoms with van der Waals surface area (Å²) in [5.74, 6) is 0.0202. The Bertz CT molecular complexity index is 440. The van der Waals surface area contributed by atoms with Crippen LogP contribution in [0.25, 0.3) is 0 Å². The van der Waals surface area contributed by atoms with E-state index in [9.17, 15) is 4.79 Å². The summed E-state index contributed by atoms with van der Waals surface area (Å²) in [6.07, 6.45) is 7.35. The molecular formula is C15H20N2O. The van der Waals surface area contributed by atoms with Crippen LogP contribution in [0.15, 0.2) is 36.4 Å². The lowest BCUT2D eigenvalue weighted by atomic mass is 10.0. The summed E-state index contributed by atoms with van der Waals surface area (Å²) in [5, 5.41) is 6.32. The Hall–Kier alpha value is -1.77. The molecule has 0 aromatic heterocycles. The zero-order valence-electron chi connectivity index (χ0n) is 10.8. The van der Waals surface area contributed by atoms with E-state index < -0.39 is 0 Å². The van der Waals surface area contributed by atoms with E-state index in [1.165, 1.54) is 0 Å². The summed E-state index contributed by atoms with van der Waals surface area (Å²) in [5.41, 5.74) is 1.64. The van der Waals surface area contributed by atoms with Crippen LogP contribution in [0, 0.1) is 0 Å². The minimum atomic E-state index is 0.0202. The van der Waals surface area contributed by atoms with Crippen molar-refractivity contribution >= 4 is 11.6 Å². The van der Waals surface area contributed by atoms with Crippen LogP contribution in [0.4, 0.5) is 5.69 Å². The molecule has 1 aliphatic carbocycles. The van der Waals surface area contributed by atoms with E-state index in [0.717, 1.165) is 37.1 Å². The van der Waals surface area contributed by atoms with Gasteiger partial charge in [0.15, 0.2) is 0 Å². The maximum absolute atomic E-state index is 12.2. The smallest absolute Gasteiger partial charge is 0.253 e. The van der Waals surface area contributed by atoms with Crippen LogP contribution in [0.2, 0.25) is 0 Å². The molecule has 0 aliphatic heterocycles. The first-order valence-corrected chi connectivity index (χ1v) is 6.60. The topological polar surface area (TPSA) is 41.1 Å². The molecule has 1 unspecified atom stereocenters. The molecule has 3 heteroatoms. The molecule has 1 atom stereocenters. The molecule has 1 aromatic rings. The summed E-state index contributed by atoms with van der Waals surface area (Å²) in [4.78, 5) is 12.2. The number of rotatable bonds is 4. The molecule has 1 aliphatic rings. The van der Waals surface area contributed by atoms with Crippen LogP contribution in [-0.2, 0) is 0 Å². The molecule has 0 saturated carbocycles. The van der Waals surface area contributed by atoms with Gasteiger partial charge in [-0.1, -0.05) is 24.3 Å². The molecule has 1 amide bonds. The number of nitrogens with one attached hydrogen (secondary N) is 2. The van der Waals surface area contributed by atoms with E-state index >= 15 is 0 Å². The Balaban J connectivity index is 2.05. The van der Waals surface area contributed by atoms with Gasteiger partial charge in [-0.2, -0.15) is 0 Å². The molecule has 0 radical (unpaired) electrons. The first-order valence-electron chi connectivity index (χ1n) is 6.60. The van der Waals surface area contributed by atoms with E-state index in [1.54, 1.807) is 0 Å². The lowest BCUT2D eigenvalue weighted by Gasteiger charge is -2.20. The van der Waals surface area contributed by atoms with Gasteiger partial charge in [-0.25, -0.2) is 0 Å². The fourth-order valence-electron chi connectivity index (χ4n) is 2.21. The second-order valence-electron chi connectivity index (χ2n) is 4.53. The molecule has 3 nitrogen and oxygen atoms in total. The highest BCUT2D eigenvalue weighted by Crippen LogP contribution is 2.16. The molecule has 1 aromatic carbocycles. The van der Waals surface area contributed by atoms with Crippen LogP contribution in [-0.4, -0.2) is 18.5 Å². The number of amides is 1. The van der Waals surface area contributed by atoms with Gasteiger partial charge in [-0.3, -0.25) is 4.79 Å². The van der Waals surface area contributed by atoms with E-state index in [2.05, 4.69) is 22.8 Å². The Morgan fingerprint density at radius 3 is 2.89 bits per heavy atom. The highest BCUT2D eigenvalue weighted by molar-refractivity contribution is 5.99. The van der Waals surface area contributed by atoms with Gasteiger partial charge in [-0.15, -0.1) is 0 Å². The molecule has 0 bridgehead atoms. The standard InChI is InChI=1S/C15H20N2O/c1-2-16-14-11-7-6-10-13(14)15(18)17-12-8-4-3-5-9-12/h3-4,6-7,10-12,16H,2,5,8-9H2,1H3,(H,17,18). The molecule has 2 rings (SSSR count). The maximum Gasteiger partial charge on any atom is 0.253 e. The largest absolute Gasteiger partial charge is 0.385 e. The third-order valence-electron chi connectivity index (χ3n) is 3.14. The van der Waals surface area contributed by atoms with Gasteiger partial charge >= 0.3 is 0 Å². The first kappa shape index (κ1) is 12.7. The number of anilines is 1. The number of para-hydroxylation sites is 1. The Morgan fingerprint density at radius 2 is 2.17 bits per heavy atom. The monoisotopic (exact) mass is 244 g/mol. The Morgan fingerprint density at radius 1 is 1.33 bits per heavy atom. The van der Waals surface area contributed by atoms with Gasteiger partial charge in [-0.05, 0) is 38.3 Å². The van der Waals surface area contributed by atoms with Crippen molar-refractivity contribution in [3.05, 3.63) is 42.0 Å². The Labute approximate surface area is 108 Å². The quantitative estimate of drug-likeness (QED) is 0.799. The summed E-state index contributed by atoms with van der Waals surface area (Å²) in [6, 6.07) is 7.93. The van der Waals surface area contributed by atoms with E-state index in [0.29, 0.717) is 0 Å². The van der Waals surface area contributed by atoms with Crippen molar-refractivity contribution < 1.29 is 4.79 Å². The van der Waals surface area contributed by atoms with Crippen LogP contribution in [0.3, 0.4) is 0 Å². The van der Waals surface area contributed by atoms with Crippen molar-refractivity contribution in [2.45, 2.75) is 32.2 Å². The van der Waals surface area contributed by atoms with Gasteiger partial charge in [0.2, 0.25) is 0 Å². The minimum absolute atomic E-state index is 0.0202. The second kappa shape index (κ2) is 6.24. The van der Waals surface area contributed by atoms with Crippen molar-refractivity contribution in [2.75, 3.05) is 11.9 Å². The highest BCUT2D eigenvalue weighted by atomic mass is 16.1. The molecule has 0 heterocycles. The molecule has 96 valence electrons. The molecule has 0 spiro atoms. The SMILES string of the molecule is CCNc1ccccc1C(=O)NC1CC=CCC1. The van der Waals surface area contributed by atoms with E-state index in [-0.39, 0.29) is 11.9 Å². The zero-order valence-corrected chi connectivity index (χ0v) is 10.8. The Kier molecular flexibility index (Phi) is 4.40. The van der Waals surface area contributed by atoms with Gasteiger partial charge in [0, 0.05) is 18.3 Å². The number of hydrogen-bond donors (Lipinski definition) is 2. The van der Waals surface area contributed by atoms with Gasteiger partial charge < -0.3 is 10.6 Å². The number of carbonyl (C=O) groups is 1. The lowest BCUT2D eigenvalue weighted by molar-refractivity contribution is 0.0935. The van der Waals surface area contributed by atoms with Crippen LogP contribution in [0.1, 0.15) is 36.5 Å². The number of hydrogen-bond acceptors (Lipinski definition) is 2. The summed E-state index contributed by atoms with van der Waals surface area (Å²) < 4.78 is 0. The van der Waals surface area contributed by atoms with Crippen molar-refractivity contribution in [3.63, 3.8) is 0 Å². The molecular weight excluding hydrogens is 224 g/mol. The lowest BCUT2D eigenvalue weighted by Crippen LogP contribution is -2.35. The average molecular weight is 244 g/mol. The molecule has 0 fully saturated rings. The normalized spacial score (nSPS) is 18.4. The summed E-state index contributed by atoms with van der Waals surface area (Å²) in [6.45, 7) is 2.84. The van der Waals surface area contributed by atoms with Gasteiger partial charge in [0.1, 0.15) is 0 Å². The minimum Gasteiger partial charge on any atom is -0.385 e. The predicted molar refractivity (Wildman–Crippen MR) is 74.9 cm³/mol. The predicted octanol–water partition coefficient (Wildman–Crippen LogP) is 2.96. The summed E-state index contributed by atoms with van der Waals surface area (Å²) in [7, 11) is 0. The van der Waals surface area contributed by atoms with Crippen LogP contribution >= 0.6 is 0 Å². The number of benzene rings is 1. The highest BCUT2D eigenvalue weighted by Gasteiger charge is 2.16. The first-order chi connectivity index (χ1) is 8.81. The number of allylic oxidation sites excluding steroid dienone is 1. The van der Waals surface area contributed by atoms with Crippen molar-refractivity contribution in [2.24, 2.45) is 0 Å². The second-order valence-corrected chi connectivity index (χ2v) is 4.53. The van der Waals surface area contributed by atoms with Crippen molar-refractivity contribution in [1.82, 2.24) is 5.32 Å². The fraction of sp³-hybridized carbons (Fsp3) is 0.400. The van der Waals surface area contributed by atoms with Crippen LogP contribution in [0.5, 0.6) is 0 Å². The third-order valence-corrected chi connectivity index (χ3v) is 3.14. The molecule has 0 saturated heterocycles. The van der Waals surface area contributed by atoms with E-state index in [1.807, 2.05) is 31.2 Å². The molecule has 2 N–H and O–H groups in total. The van der Waals surface area contributed by atoms with Gasteiger partial charge in [0.25, 0.3) is 5.91 Å². The third kappa shape index (κ3) is 3.13. The van der Waals surface area contributed by atoms with Crippen molar-refractivity contribution in [3.8, 4) is 0 Å². The molecule has 18 heavy (non-hydrogen) atoms. The average Bonchev–Trinajstić information content (AvgIpc) is 2.41. The maximum atomic E-state index is 12.2. The van der Waals surface area contributed by atoms with Crippen LogP contribution < -0.4 is 10.6 Å². The summed E-state index contributed by atoms with van der Waals surface area (Å²) >= 11 is 0. The fourth-order valence-corrected chi connectivity index (χ4v) is 2.21. The van der Waals surface area contributed by atoms with E-state index in [4.69, 9.17) is 0 Å². The van der Waals surface area contributed by atoms with Crippen molar-refractivity contribution in [1.29, 1.82) is 0 Å².